The largest absolute Gasteiger partial charge is 2.00 e. The van der Waals surface area contributed by atoms with E-state index in [1.807, 2.05) is 78.9 Å². The first-order valence-electron chi connectivity index (χ1n) is 9.04. The van der Waals surface area contributed by atoms with Crippen LogP contribution in [0.3, 0.4) is 0 Å². The summed E-state index contributed by atoms with van der Waals surface area (Å²) in [6.07, 6.45) is 3.97. The van der Waals surface area contributed by atoms with Gasteiger partial charge in [-0.3, -0.25) is 0 Å². The van der Waals surface area contributed by atoms with Gasteiger partial charge in [0.25, 0.3) is 0 Å². The van der Waals surface area contributed by atoms with Crippen molar-refractivity contribution < 1.29 is 21.1 Å². The van der Waals surface area contributed by atoms with Gasteiger partial charge in [0.1, 0.15) is 0 Å². The summed E-state index contributed by atoms with van der Waals surface area (Å²) in [5.74, 6) is 0. The molecule has 0 N–H and O–H groups in total. The van der Waals surface area contributed by atoms with Gasteiger partial charge in [0.05, 0.1) is 11.4 Å². The number of hydrogen-bond acceptors (Lipinski definition) is 3. The average Bonchev–Trinajstić information content (AvgIpc) is 3.25. The maximum absolute atomic E-state index is 4.76. The molecule has 1 aliphatic heterocycles. The quantitative estimate of drug-likeness (QED) is 0.289. The molecule has 1 aliphatic rings. The van der Waals surface area contributed by atoms with Crippen molar-refractivity contribution in [3.8, 4) is 0 Å². The Bertz CT molecular complexity index is 1510. The molecule has 5 aromatic rings. The number of hydrogen-bond donors (Lipinski definition) is 0. The van der Waals surface area contributed by atoms with E-state index in [4.69, 9.17) is 15.0 Å². The monoisotopic (exact) mass is 554 g/mol. The van der Waals surface area contributed by atoms with Gasteiger partial charge in [-0.15, -0.1) is 0 Å². The van der Waals surface area contributed by atoms with E-state index in [0.717, 1.165) is 43.6 Å². The van der Waals surface area contributed by atoms with Crippen LogP contribution in [-0.4, -0.2) is 4.98 Å². The number of rotatable bonds is 0. The molecule has 0 spiro atoms. The summed E-state index contributed by atoms with van der Waals surface area (Å²) in [7, 11) is 0. The zero-order valence-electron chi connectivity index (χ0n) is 15.1. The summed E-state index contributed by atoms with van der Waals surface area (Å²) >= 11 is 0. The summed E-state index contributed by atoms with van der Waals surface area (Å²) in [6, 6.07) is 22.0. The molecule has 0 radical (unpaired) electrons. The summed E-state index contributed by atoms with van der Waals surface area (Å²) in [6.45, 7) is 0. The fourth-order valence-corrected chi connectivity index (χ4v) is 3.65. The molecule has 29 heavy (non-hydrogen) atoms. The number of benzene rings is 2. The van der Waals surface area contributed by atoms with Crippen LogP contribution in [0.4, 0.5) is 0 Å². The summed E-state index contributed by atoms with van der Waals surface area (Å²) in [4.78, 5) is 14.2. The Hall–Kier alpha value is -3.30. The summed E-state index contributed by atoms with van der Waals surface area (Å²) in [5.41, 5.74) is 2.87. The average molecular weight is 554 g/mol. The molecule has 3 aromatic heterocycles. The van der Waals surface area contributed by atoms with E-state index in [0.29, 0.717) is 11.0 Å². The minimum absolute atomic E-state index is 0. The van der Waals surface area contributed by atoms with Crippen molar-refractivity contribution in [1.82, 2.24) is 15.0 Å². The third-order valence-corrected chi connectivity index (χ3v) is 4.94. The van der Waals surface area contributed by atoms with Crippen molar-refractivity contribution >= 4 is 33.7 Å². The summed E-state index contributed by atoms with van der Waals surface area (Å²) < 4.78 is 0. The number of fused-ring (bicyclic) bond motifs is 12. The van der Waals surface area contributed by atoms with Crippen LogP contribution in [0, 0.1) is 0 Å². The van der Waals surface area contributed by atoms with Gasteiger partial charge >= 0.3 is 21.1 Å². The first-order valence-corrected chi connectivity index (χ1v) is 9.04. The SMILES string of the molecule is C1=c2\[n-]/c(c3ccccc23)=N\N=c2/[n-]/c(c3ccccc23)=C\c2cccc/1n2.[Pt+2]. The fourth-order valence-electron chi connectivity index (χ4n) is 3.65. The molecule has 2 aromatic carbocycles. The molecular weight excluding hydrogens is 541 g/mol. The Morgan fingerprint density at radius 1 is 0.517 bits per heavy atom. The molecule has 0 saturated carbocycles. The standard InChI is InChI=1S/C23H13N5.Pt/c1-3-10-18-16(8-1)20-12-14-6-5-7-15(24-14)13-21-17-9-2-4-11-19(17)23(26-21)28-27-22(18)25-20;/h1-13H;/q-2;+2/b20-12-,21-13-;. The van der Waals surface area contributed by atoms with E-state index in [-0.39, 0.29) is 21.1 Å². The zero-order valence-corrected chi connectivity index (χ0v) is 17.3. The Morgan fingerprint density at radius 2 is 0.966 bits per heavy atom. The third-order valence-electron chi connectivity index (χ3n) is 4.94. The Balaban J connectivity index is 0.00000181. The van der Waals surface area contributed by atoms with Crippen molar-refractivity contribution in [3.05, 3.63) is 99.8 Å². The number of aromatic nitrogens is 3. The van der Waals surface area contributed by atoms with E-state index in [9.17, 15) is 0 Å². The van der Waals surface area contributed by atoms with Crippen LogP contribution in [0.1, 0.15) is 11.4 Å². The maximum atomic E-state index is 4.76. The predicted molar refractivity (Wildman–Crippen MR) is 107 cm³/mol. The van der Waals surface area contributed by atoms with Gasteiger partial charge in [-0.05, 0) is 56.5 Å². The minimum atomic E-state index is 0. The smallest absolute Gasteiger partial charge is 0.464 e. The van der Waals surface area contributed by atoms with Crippen LogP contribution >= 0.6 is 0 Å². The van der Waals surface area contributed by atoms with Gasteiger partial charge < -0.3 is 20.2 Å². The Kier molecular flexibility index (Phi) is 4.25. The molecule has 5 nitrogen and oxygen atoms in total. The first-order chi connectivity index (χ1) is 13.8. The van der Waals surface area contributed by atoms with Crippen LogP contribution in [0.15, 0.2) is 76.9 Å². The van der Waals surface area contributed by atoms with Crippen LogP contribution in [0.2, 0.25) is 0 Å². The van der Waals surface area contributed by atoms with Crippen molar-refractivity contribution in [2.45, 2.75) is 0 Å². The van der Waals surface area contributed by atoms with Gasteiger partial charge in [0.15, 0.2) is 0 Å². The van der Waals surface area contributed by atoms with Crippen molar-refractivity contribution in [2.75, 3.05) is 0 Å². The van der Waals surface area contributed by atoms with E-state index in [1.54, 1.807) is 0 Å². The van der Waals surface area contributed by atoms with Crippen LogP contribution in [-0.2, 0) is 21.1 Å². The van der Waals surface area contributed by atoms with Gasteiger partial charge in [0.2, 0.25) is 0 Å². The van der Waals surface area contributed by atoms with E-state index in [2.05, 4.69) is 10.2 Å². The van der Waals surface area contributed by atoms with Gasteiger partial charge in [0, 0.05) is 0 Å². The molecule has 140 valence electrons. The van der Waals surface area contributed by atoms with Crippen molar-refractivity contribution in [3.63, 3.8) is 0 Å². The molecule has 0 amide bonds. The van der Waals surface area contributed by atoms with Gasteiger partial charge in [-0.2, -0.15) is 0 Å². The maximum Gasteiger partial charge on any atom is 2.00 e. The molecule has 0 atom stereocenters. The van der Waals surface area contributed by atoms with E-state index in [1.165, 1.54) is 0 Å². The molecule has 4 heterocycles. The fraction of sp³-hybridized carbons (Fsp3) is 0. The Morgan fingerprint density at radius 3 is 1.45 bits per heavy atom. The summed E-state index contributed by atoms with van der Waals surface area (Å²) in [5, 5.41) is 14.6. The second-order valence-corrected chi connectivity index (χ2v) is 6.71. The Labute approximate surface area is 179 Å². The molecule has 0 unspecified atom stereocenters. The number of nitrogens with zero attached hydrogens (tertiary/aromatic N) is 5. The second kappa shape index (κ2) is 6.94. The topological polar surface area (TPSA) is 65.8 Å². The second-order valence-electron chi connectivity index (χ2n) is 6.71. The van der Waals surface area contributed by atoms with E-state index < -0.39 is 0 Å². The molecular formula is C23H13N5Pt. The van der Waals surface area contributed by atoms with E-state index >= 15 is 0 Å². The third kappa shape index (κ3) is 2.95. The van der Waals surface area contributed by atoms with Crippen molar-refractivity contribution in [2.24, 2.45) is 10.2 Å². The molecule has 6 rings (SSSR count). The van der Waals surface area contributed by atoms with Gasteiger partial charge in [-0.1, -0.05) is 65.6 Å². The first kappa shape index (κ1) is 17.8. The molecule has 0 aliphatic carbocycles. The van der Waals surface area contributed by atoms with Crippen molar-refractivity contribution in [1.29, 1.82) is 0 Å². The van der Waals surface area contributed by atoms with Crippen LogP contribution in [0.25, 0.3) is 33.7 Å². The number of pyridine rings is 1. The molecule has 6 heteroatoms. The van der Waals surface area contributed by atoms with Crippen LogP contribution in [0.5, 0.6) is 0 Å². The predicted octanol–water partition coefficient (Wildman–Crippen LogP) is 1.13. The van der Waals surface area contributed by atoms with Crippen LogP contribution < -0.4 is 31.6 Å². The molecule has 0 fully saturated rings. The van der Waals surface area contributed by atoms with Gasteiger partial charge in [-0.25, -0.2) is 4.98 Å². The molecule has 0 saturated heterocycles. The zero-order chi connectivity index (χ0) is 18.5. The normalized spacial score (nSPS) is 17.0. The molecule has 6 bridgehead atoms. The minimum Gasteiger partial charge on any atom is -0.464 e.